The summed E-state index contributed by atoms with van der Waals surface area (Å²) in [6.07, 6.45) is 0. The molecule has 1 aromatic heterocycles. The zero-order valence-electron chi connectivity index (χ0n) is 7.20. The third kappa shape index (κ3) is 2.30. The van der Waals surface area contributed by atoms with Crippen molar-refractivity contribution in [3.63, 3.8) is 0 Å². The van der Waals surface area contributed by atoms with E-state index in [9.17, 15) is 0 Å². The number of aromatic nitrogens is 4. The molecule has 0 aliphatic rings. The largest absolute Gasteiger partial charge is 0.352 e. The second-order valence-electron chi connectivity index (χ2n) is 2.11. The van der Waals surface area contributed by atoms with Crippen LogP contribution in [0.5, 0.6) is 0 Å². The van der Waals surface area contributed by atoms with Crippen molar-refractivity contribution in [3.05, 3.63) is 0 Å². The first-order chi connectivity index (χ1) is 5.86. The Labute approximate surface area is 70.8 Å². The smallest absolute Gasteiger partial charge is 0.262 e. The Balaban J connectivity index is 2.58. The highest BCUT2D eigenvalue weighted by atomic mass is 15.4. The van der Waals surface area contributed by atoms with Gasteiger partial charge in [-0.2, -0.15) is 0 Å². The number of nitrogens with one attached hydrogen (secondary N) is 2. The van der Waals surface area contributed by atoms with Gasteiger partial charge >= 0.3 is 0 Å². The highest BCUT2D eigenvalue weighted by Gasteiger charge is 1.96. The van der Waals surface area contributed by atoms with Crippen molar-refractivity contribution in [2.24, 2.45) is 0 Å². The lowest BCUT2D eigenvalue weighted by molar-refractivity contribution is 0.851. The van der Waals surface area contributed by atoms with Gasteiger partial charge in [-0.1, -0.05) is 0 Å². The van der Waals surface area contributed by atoms with E-state index in [0.717, 1.165) is 13.1 Å². The summed E-state index contributed by atoms with van der Waals surface area (Å²) < 4.78 is 0. The SMILES string of the molecule is CCNc1nnc(NCC)nn1. The van der Waals surface area contributed by atoms with Crippen molar-refractivity contribution in [1.29, 1.82) is 0 Å². The summed E-state index contributed by atoms with van der Waals surface area (Å²) in [6.45, 7) is 5.46. The van der Waals surface area contributed by atoms with Gasteiger partial charge in [-0.15, -0.1) is 20.4 Å². The molecule has 0 spiro atoms. The number of rotatable bonds is 4. The standard InChI is InChI=1S/C6H12N6/c1-3-7-5-9-11-6(8-4-2)12-10-5/h3-4H2,1-2H3,(H,7,9,10)(H,8,11,12). The van der Waals surface area contributed by atoms with Gasteiger partial charge in [0.2, 0.25) is 0 Å². The highest BCUT2D eigenvalue weighted by Crippen LogP contribution is 1.94. The molecule has 0 unspecified atom stereocenters. The van der Waals surface area contributed by atoms with E-state index < -0.39 is 0 Å². The molecule has 0 aromatic carbocycles. The lowest BCUT2D eigenvalue weighted by Crippen LogP contribution is -2.09. The number of hydrogen-bond donors (Lipinski definition) is 2. The molecule has 0 saturated heterocycles. The van der Waals surface area contributed by atoms with E-state index in [-0.39, 0.29) is 0 Å². The summed E-state index contributed by atoms with van der Waals surface area (Å²) in [7, 11) is 0. The second kappa shape index (κ2) is 4.42. The normalized spacial score (nSPS) is 9.50. The number of nitrogens with zero attached hydrogens (tertiary/aromatic N) is 4. The Morgan fingerprint density at radius 3 is 1.42 bits per heavy atom. The van der Waals surface area contributed by atoms with Gasteiger partial charge in [0, 0.05) is 13.1 Å². The Kier molecular flexibility index (Phi) is 3.18. The second-order valence-corrected chi connectivity index (χ2v) is 2.11. The van der Waals surface area contributed by atoms with Crippen LogP contribution in [0.4, 0.5) is 11.9 Å². The molecule has 6 heteroatoms. The lowest BCUT2D eigenvalue weighted by atomic mass is 10.7. The van der Waals surface area contributed by atoms with Crippen LogP contribution in [-0.4, -0.2) is 33.5 Å². The molecule has 0 amide bonds. The van der Waals surface area contributed by atoms with Crippen LogP contribution in [0.1, 0.15) is 13.8 Å². The van der Waals surface area contributed by atoms with Gasteiger partial charge in [0.1, 0.15) is 0 Å². The summed E-state index contributed by atoms with van der Waals surface area (Å²) in [5, 5.41) is 21.0. The van der Waals surface area contributed by atoms with E-state index in [1.807, 2.05) is 13.8 Å². The quantitative estimate of drug-likeness (QED) is 0.665. The average molecular weight is 168 g/mol. The maximum Gasteiger partial charge on any atom is 0.262 e. The van der Waals surface area contributed by atoms with Crippen LogP contribution in [0.2, 0.25) is 0 Å². The fourth-order valence-corrected chi connectivity index (χ4v) is 0.687. The maximum atomic E-state index is 3.79. The molecule has 12 heavy (non-hydrogen) atoms. The van der Waals surface area contributed by atoms with Crippen LogP contribution in [0.15, 0.2) is 0 Å². The predicted octanol–water partition coefficient (Wildman–Crippen LogP) is 0.130. The van der Waals surface area contributed by atoms with Gasteiger partial charge in [0.25, 0.3) is 11.9 Å². The Morgan fingerprint density at radius 1 is 0.833 bits per heavy atom. The molecule has 0 bridgehead atoms. The van der Waals surface area contributed by atoms with Crippen LogP contribution in [-0.2, 0) is 0 Å². The van der Waals surface area contributed by atoms with Crippen LogP contribution in [0.25, 0.3) is 0 Å². The fraction of sp³-hybridized carbons (Fsp3) is 0.667. The minimum atomic E-state index is 0.458. The minimum Gasteiger partial charge on any atom is -0.352 e. The third-order valence-corrected chi connectivity index (χ3v) is 1.15. The first-order valence-corrected chi connectivity index (χ1v) is 3.92. The van der Waals surface area contributed by atoms with Crippen molar-refractivity contribution in [3.8, 4) is 0 Å². The Bertz CT molecular complexity index is 195. The number of anilines is 2. The molecule has 0 radical (unpaired) electrons. The zero-order chi connectivity index (χ0) is 8.81. The molecule has 66 valence electrons. The molecule has 2 N–H and O–H groups in total. The third-order valence-electron chi connectivity index (χ3n) is 1.15. The Morgan fingerprint density at radius 2 is 1.17 bits per heavy atom. The summed E-state index contributed by atoms with van der Waals surface area (Å²) in [5.41, 5.74) is 0. The molecule has 0 atom stereocenters. The summed E-state index contributed by atoms with van der Waals surface area (Å²) in [4.78, 5) is 0. The molecule has 1 aromatic rings. The van der Waals surface area contributed by atoms with Gasteiger partial charge in [-0.3, -0.25) is 0 Å². The van der Waals surface area contributed by atoms with Gasteiger partial charge in [0.15, 0.2) is 0 Å². The van der Waals surface area contributed by atoms with Crippen LogP contribution in [0.3, 0.4) is 0 Å². The Hall–Kier alpha value is -1.46. The molecule has 0 fully saturated rings. The van der Waals surface area contributed by atoms with E-state index in [4.69, 9.17) is 0 Å². The zero-order valence-corrected chi connectivity index (χ0v) is 7.20. The van der Waals surface area contributed by atoms with E-state index in [1.54, 1.807) is 0 Å². The van der Waals surface area contributed by atoms with E-state index in [2.05, 4.69) is 31.0 Å². The van der Waals surface area contributed by atoms with Crippen LogP contribution in [0, 0.1) is 0 Å². The molecule has 0 saturated carbocycles. The molecular formula is C6H12N6. The fourth-order valence-electron chi connectivity index (χ4n) is 0.687. The maximum absolute atomic E-state index is 3.79. The molecule has 0 aliphatic heterocycles. The average Bonchev–Trinajstić information content (AvgIpc) is 2.09. The van der Waals surface area contributed by atoms with Crippen molar-refractivity contribution in [2.75, 3.05) is 23.7 Å². The van der Waals surface area contributed by atoms with E-state index >= 15 is 0 Å². The van der Waals surface area contributed by atoms with E-state index in [0.29, 0.717) is 11.9 Å². The topological polar surface area (TPSA) is 75.6 Å². The summed E-state index contributed by atoms with van der Waals surface area (Å²) in [5.74, 6) is 0.915. The van der Waals surface area contributed by atoms with E-state index in [1.165, 1.54) is 0 Å². The van der Waals surface area contributed by atoms with Crippen molar-refractivity contribution in [1.82, 2.24) is 20.4 Å². The summed E-state index contributed by atoms with van der Waals surface area (Å²) >= 11 is 0. The van der Waals surface area contributed by atoms with Gasteiger partial charge in [-0.25, -0.2) is 0 Å². The monoisotopic (exact) mass is 168 g/mol. The molecular weight excluding hydrogens is 156 g/mol. The predicted molar refractivity (Wildman–Crippen MR) is 45.9 cm³/mol. The molecule has 0 aliphatic carbocycles. The van der Waals surface area contributed by atoms with Crippen molar-refractivity contribution in [2.45, 2.75) is 13.8 Å². The van der Waals surface area contributed by atoms with Crippen molar-refractivity contribution >= 4 is 11.9 Å². The summed E-state index contributed by atoms with van der Waals surface area (Å²) in [6, 6.07) is 0. The van der Waals surface area contributed by atoms with Gasteiger partial charge in [-0.05, 0) is 13.8 Å². The first-order valence-electron chi connectivity index (χ1n) is 3.92. The lowest BCUT2D eigenvalue weighted by Gasteiger charge is -2.00. The molecule has 1 heterocycles. The highest BCUT2D eigenvalue weighted by molar-refractivity contribution is 5.24. The van der Waals surface area contributed by atoms with Gasteiger partial charge in [0.05, 0.1) is 0 Å². The first kappa shape index (κ1) is 8.63. The minimum absolute atomic E-state index is 0.458. The molecule has 1 rings (SSSR count). The molecule has 6 nitrogen and oxygen atoms in total. The van der Waals surface area contributed by atoms with Crippen LogP contribution >= 0.6 is 0 Å². The van der Waals surface area contributed by atoms with Gasteiger partial charge < -0.3 is 10.6 Å². The van der Waals surface area contributed by atoms with Crippen LogP contribution < -0.4 is 10.6 Å². The van der Waals surface area contributed by atoms with Crippen molar-refractivity contribution < 1.29 is 0 Å². The number of hydrogen-bond acceptors (Lipinski definition) is 6.